The molecule has 0 N–H and O–H groups in total. The van der Waals surface area contributed by atoms with E-state index in [0.29, 0.717) is 0 Å². The minimum Gasteiger partial charge on any atom is -0.608 e. The number of hydrogen-bond donors (Lipinski definition) is 0. The molecule has 0 fully saturated rings. The van der Waals surface area contributed by atoms with Gasteiger partial charge in [-0.2, -0.15) is 0 Å². The van der Waals surface area contributed by atoms with Crippen LogP contribution in [0.4, 0.5) is 0 Å². The molecule has 0 aliphatic rings. The van der Waals surface area contributed by atoms with Crippen molar-refractivity contribution in [3.8, 4) is 0 Å². The van der Waals surface area contributed by atoms with Crippen molar-refractivity contribution in [2.45, 2.75) is 0 Å². The minimum atomic E-state index is -1.12. The molecule has 40 valence electrons. The molecule has 0 aliphatic carbocycles. The number of rotatable bonds is 1. The Morgan fingerprint density at radius 2 is 1.62 bits per heavy atom. The molecule has 7 heteroatoms. The molecule has 0 radical (unpaired) electrons. The van der Waals surface area contributed by atoms with E-state index < -0.39 is 9.83 Å². The van der Waals surface area contributed by atoms with Gasteiger partial charge >= 0.3 is 35.9 Å². The number of nitrogens with zero attached hydrogens (tertiary/aromatic N) is 2. The van der Waals surface area contributed by atoms with E-state index in [4.69, 9.17) is 20.5 Å². The van der Waals surface area contributed by atoms with Crippen LogP contribution in [0.3, 0.4) is 0 Å². The maximum absolute atomic E-state index is 9.12. The van der Waals surface area contributed by atoms with Gasteiger partial charge in [-0.1, -0.05) is 0 Å². The second kappa shape index (κ2) is 4.82. The molecule has 0 saturated carbocycles. The van der Waals surface area contributed by atoms with Crippen LogP contribution in [0.5, 0.6) is 0 Å². The zero-order valence-corrected chi connectivity index (χ0v) is 6.10. The van der Waals surface area contributed by atoms with Crippen molar-refractivity contribution < 1.29 is 39.4 Å². The average molecular weight is 128 g/mol. The van der Waals surface area contributed by atoms with Gasteiger partial charge in [0.25, 0.3) is 0 Å². The van der Waals surface area contributed by atoms with Gasteiger partial charge in [-0.3, -0.25) is 10.1 Å². The van der Waals surface area contributed by atoms with E-state index in [1.54, 1.807) is 0 Å². The molecule has 8 heavy (non-hydrogen) atoms. The number of hydrogen-bond acceptors (Lipinski definition) is 4. The third kappa shape index (κ3) is 9.18. The van der Waals surface area contributed by atoms with Crippen LogP contribution in [-0.4, -0.2) is 16.2 Å². The van der Waals surface area contributed by atoms with Crippen molar-refractivity contribution in [1.29, 1.82) is 0 Å². The molecular formula is CHN2NaO4. The molecule has 0 unspecified atom stereocenters. The van der Waals surface area contributed by atoms with Gasteiger partial charge in [0.15, 0.2) is 0 Å². The van der Waals surface area contributed by atoms with Crippen molar-refractivity contribution in [1.82, 2.24) is 0 Å². The third-order valence-corrected chi connectivity index (χ3v) is 0.189. The van der Waals surface area contributed by atoms with E-state index in [0.717, 1.165) is 0 Å². The summed E-state index contributed by atoms with van der Waals surface area (Å²) in [6.07, 6.45) is -0.222. The Balaban J connectivity index is 0. The Kier molecular flexibility index (Phi) is 6.39. The Labute approximate surface area is 66.4 Å². The summed E-state index contributed by atoms with van der Waals surface area (Å²) in [7, 11) is 0. The first-order chi connectivity index (χ1) is 3.13. The SMILES string of the molecule is O=[N+]([O-])C=[N+]([O-])[O-].[Na+]. The van der Waals surface area contributed by atoms with E-state index in [9.17, 15) is 0 Å². The van der Waals surface area contributed by atoms with Gasteiger partial charge in [-0.05, 0) is 0 Å². The maximum Gasteiger partial charge on any atom is 1.00 e. The van der Waals surface area contributed by atoms with Crippen molar-refractivity contribution in [2.24, 2.45) is 0 Å². The van der Waals surface area contributed by atoms with Crippen LogP contribution < -0.4 is 29.6 Å². The normalized spacial score (nSPS) is 6.50. The Morgan fingerprint density at radius 3 is 1.62 bits per heavy atom. The van der Waals surface area contributed by atoms with Crippen molar-refractivity contribution >= 4 is 6.34 Å². The predicted octanol–water partition coefficient (Wildman–Crippen LogP) is -3.70. The fourth-order valence-corrected chi connectivity index (χ4v) is 0.0770. The van der Waals surface area contributed by atoms with Crippen molar-refractivity contribution in [3.05, 3.63) is 20.5 Å². The summed E-state index contributed by atoms with van der Waals surface area (Å²) in [5.74, 6) is 0. The molecule has 0 aliphatic heterocycles. The third-order valence-electron chi connectivity index (χ3n) is 0.189. The number of nitro groups is 1. The molecule has 0 amide bonds. The minimum absolute atomic E-state index is 0. The summed E-state index contributed by atoms with van der Waals surface area (Å²) in [5, 5.41) is 27.4. The Bertz CT molecular complexity index is 107. The fourth-order valence-electron chi connectivity index (χ4n) is 0.0770. The Hall–Kier alpha value is -0.330. The quantitative estimate of drug-likeness (QED) is 0.0906. The monoisotopic (exact) mass is 128 g/mol. The van der Waals surface area contributed by atoms with E-state index in [2.05, 4.69) is 0 Å². The molecule has 0 atom stereocenters. The largest absolute Gasteiger partial charge is 1.00 e. The van der Waals surface area contributed by atoms with Gasteiger partial charge in [0, 0.05) is 0 Å². The molecule has 0 spiro atoms. The molecular weight excluding hydrogens is 127 g/mol. The molecule has 0 aromatic rings. The molecule has 0 aromatic carbocycles. The fraction of sp³-hybridized carbons (Fsp3) is 0. The Morgan fingerprint density at radius 1 is 1.25 bits per heavy atom. The summed E-state index contributed by atoms with van der Waals surface area (Å²) < 4.78 is 0. The van der Waals surface area contributed by atoms with Gasteiger partial charge in [0.1, 0.15) is 4.92 Å². The van der Waals surface area contributed by atoms with Crippen molar-refractivity contribution in [2.75, 3.05) is 0 Å². The maximum atomic E-state index is 9.12. The topological polar surface area (TPSA) is 92.3 Å². The zero-order chi connectivity index (χ0) is 5.86. The van der Waals surface area contributed by atoms with Gasteiger partial charge in [-0.25, -0.2) is 0 Å². The van der Waals surface area contributed by atoms with Gasteiger partial charge in [-0.15, -0.1) is 4.90 Å². The first kappa shape index (κ1) is 10.6. The van der Waals surface area contributed by atoms with Crippen LogP contribution in [0.25, 0.3) is 0 Å². The van der Waals surface area contributed by atoms with Crippen LogP contribution in [-0.2, 0) is 0 Å². The average Bonchev–Trinajstić information content (AvgIpc) is 1.27. The molecule has 0 heterocycles. The van der Waals surface area contributed by atoms with E-state index in [1.807, 2.05) is 0 Å². The molecule has 0 bridgehead atoms. The summed E-state index contributed by atoms with van der Waals surface area (Å²) >= 11 is 0. The van der Waals surface area contributed by atoms with E-state index in [1.165, 1.54) is 0 Å². The summed E-state index contributed by atoms with van der Waals surface area (Å²) in [5.41, 5.74) is 0. The smallest absolute Gasteiger partial charge is 0.608 e. The molecule has 0 aromatic heterocycles. The second-order valence-corrected chi connectivity index (χ2v) is 0.686. The van der Waals surface area contributed by atoms with Crippen LogP contribution in [0.15, 0.2) is 0 Å². The van der Waals surface area contributed by atoms with Crippen LogP contribution >= 0.6 is 0 Å². The van der Waals surface area contributed by atoms with E-state index in [-0.39, 0.29) is 35.9 Å². The van der Waals surface area contributed by atoms with Crippen LogP contribution in [0.1, 0.15) is 0 Å². The van der Waals surface area contributed by atoms with Gasteiger partial charge < -0.3 is 10.4 Å². The molecule has 0 rings (SSSR count). The van der Waals surface area contributed by atoms with Gasteiger partial charge in [0.2, 0.25) is 0 Å². The first-order valence-electron chi connectivity index (χ1n) is 1.25. The van der Waals surface area contributed by atoms with E-state index >= 15 is 0 Å². The molecule has 6 nitrogen and oxygen atoms in total. The molecule has 0 saturated heterocycles. The summed E-state index contributed by atoms with van der Waals surface area (Å²) in [6.45, 7) is 0. The van der Waals surface area contributed by atoms with Gasteiger partial charge in [0.05, 0.1) is 0 Å². The zero-order valence-electron chi connectivity index (χ0n) is 4.10. The predicted molar refractivity (Wildman–Crippen MR) is 20.1 cm³/mol. The van der Waals surface area contributed by atoms with Crippen LogP contribution in [0.2, 0.25) is 0 Å². The summed E-state index contributed by atoms with van der Waals surface area (Å²) in [6, 6.07) is 0. The first-order valence-corrected chi connectivity index (χ1v) is 1.25. The van der Waals surface area contributed by atoms with Crippen molar-refractivity contribution in [3.63, 3.8) is 0 Å². The second-order valence-electron chi connectivity index (χ2n) is 0.686. The van der Waals surface area contributed by atoms with Crippen LogP contribution in [0, 0.1) is 20.5 Å². The summed E-state index contributed by atoms with van der Waals surface area (Å²) in [4.78, 5) is 6.87. The standard InChI is InChI=1S/CHN2O4.Na/c4-2(5)1-3(6)7;/h1H;/q-1;+1.